The Morgan fingerprint density at radius 2 is 2.04 bits per heavy atom. The van der Waals surface area contributed by atoms with Crippen LogP contribution < -0.4 is 10.6 Å². The van der Waals surface area contributed by atoms with E-state index in [1.165, 1.54) is 0 Å². The van der Waals surface area contributed by atoms with Gasteiger partial charge in [0.25, 0.3) is 0 Å². The van der Waals surface area contributed by atoms with Crippen molar-refractivity contribution in [1.29, 1.82) is 0 Å². The van der Waals surface area contributed by atoms with Crippen molar-refractivity contribution in [2.24, 2.45) is 5.92 Å². The van der Waals surface area contributed by atoms with E-state index in [0.717, 1.165) is 25.1 Å². The second-order valence-corrected chi connectivity index (χ2v) is 10.2. The molecule has 0 saturated carbocycles. The van der Waals surface area contributed by atoms with Gasteiger partial charge < -0.3 is 20.5 Å². The lowest BCUT2D eigenvalue weighted by Crippen LogP contribution is -2.60. The fourth-order valence-corrected chi connectivity index (χ4v) is 5.60. The second-order valence-electron chi connectivity index (χ2n) is 8.85. The molecule has 0 spiro atoms. The van der Waals surface area contributed by atoms with Crippen molar-refractivity contribution in [2.75, 3.05) is 25.4 Å². The number of carbonyl (C=O) groups excluding carboxylic acids is 2. The molecule has 28 heavy (non-hydrogen) atoms. The second kappa shape index (κ2) is 10.2. The van der Waals surface area contributed by atoms with Gasteiger partial charge in [-0.1, -0.05) is 6.92 Å². The topological polar surface area (TPSA) is 90.9 Å². The van der Waals surface area contributed by atoms with Crippen LogP contribution in [0, 0.1) is 5.92 Å². The molecule has 2 rings (SSSR count). The molecule has 0 bridgehead atoms. The number of hydrogen-bond acceptors (Lipinski definition) is 6. The van der Waals surface area contributed by atoms with Crippen molar-refractivity contribution in [2.45, 2.75) is 82.9 Å². The lowest BCUT2D eigenvalue weighted by molar-refractivity contribution is -0.130. The van der Waals surface area contributed by atoms with Gasteiger partial charge in [-0.05, 0) is 58.6 Å². The number of nitrogens with zero attached hydrogens (tertiary/aromatic N) is 1. The molecule has 2 saturated heterocycles. The Hall–Kier alpha value is -0.990. The standard InChI is InChI=1S/C20H37N3O4S/c1-6-14(21-19(26)27-7-2)16(24)12-23-11-13-8-9-28-17(13)10-15(23)18(25)22-20(3,4)5/h13-17,24H,6-12H2,1-5H3,(H,21,26)(H,22,25)/t13-,14?,15+,16?,17?/m1/s1. The molecule has 3 unspecified atom stereocenters. The zero-order chi connectivity index (χ0) is 20.9. The van der Waals surface area contributed by atoms with Gasteiger partial charge in [0.15, 0.2) is 0 Å². The van der Waals surface area contributed by atoms with Crippen LogP contribution in [0.5, 0.6) is 0 Å². The highest BCUT2D eigenvalue weighted by Crippen LogP contribution is 2.40. The van der Waals surface area contributed by atoms with Gasteiger partial charge in [0.1, 0.15) is 0 Å². The van der Waals surface area contributed by atoms with E-state index in [1.54, 1.807) is 6.92 Å². The van der Waals surface area contributed by atoms with Crippen LogP contribution in [-0.4, -0.2) is 76.4 Å². The predicted octanol–water partition coefficient (Wildman–Crippen LogP) is 1.98. The summed E-state index contributed by atoms with van der Waals surface area (Å²) < 4.78 is 4.94. The number of β-amino-alcohol motifs (C(OH)–C–C–N with tert-alkyl or cyclic N) is 1. The number of carbonyl (C=O) groups is 2. The minimum absolute atomic E-state index is 0.0250. The summed E-state index contributed by atoms with van der Waals surface area (Å²) in [5.41, 5.74) is -0.293. The molecule has 5 atom stereocenters. The molecule has 162 valence electrons. The highest BCUT2D eigenvalue weighted by molar-refractivity contribution is 8.00. The summed E-state index contributed by atoms with van der Waals surface area (Å²) in [6, 6.07) is -0.651. The van der Waals surface area contributed by atoms with Crippen molar-refractivity contribution in [3.05, 3.63) is 0 Å². The summed E-state index contributed by atoms with van der Waals surface area (Å²) in [6.45, 7) is 11.1. The van der Waals surface area contributed by atoms with Crippen molar-refractivity contribution < 1.29 is 19.4 Å². The first-order valence-corrected chi connectivity index (χ1v) is 11.5. The van der Waals surface area contributed by atoms with Gasteiger partial charge in [-0.2, -0.15) is 11.8 Å². The minimum atomic E-state index is -0.759. The molecule has 2 aliphatic heterocycles. The van der Waals surface area contributed by atoms with Gasteiger partial charge >= 0.3 is 6.09 Å². The van der Waals surface area contributed by atoms with Gasteiger partial charge in [-0.25, -0.2) is 4.79 Å². The van der Waals surface area contributed by atoms with Gasteiger partial charge in [0, 0.05) is 23.9 Å². The predicted molar refractivity (Wildman–Crippen MR) is 112 cm³/mol. The zero-order valence-corrected chi connectivity index (χ0v) is 18.7. The average molecular weight is 416 g/mol. The molecule has 3 N–H and O–H groups in total. The maximum atomic E-state index is 13.0. The number of piperidine rings is 1. The Kier molecular flexibility index (Phi) is 8.45. The van der Waals surface area contributed by atoms with Gasteiger partial charge in [0.05, 0.1) is 24.8 Å². The van der Waals surface area contributed by atoms with Gasteiger partial charge in [-0.15, -0.1) is 0 Å². The number of aliphatic hydroxyl groups excluding tert-OH is 1. The van der Waals surface area contributed by atoms with E-state index >= 15 is 0 Å². The number of rotatable bonds is 7. The molecule has 0 aromatic rings. The maximum Gasteiger partial charge on any atom is 0.407 e. The van der Waals surface area contributed by atoms with Crippen LogP contribution in [0.1, 0.15) is 53.9 Å². The zero-order valence-electron chi connectivity index (χ0n) is 17.9. The Morgan fingerprint density at radius 1 is 1.32 bits per heavy atom. The summed E-state index contributed by atoms with van der Waals surface area (Å²) in [7, 11) is 0. The normalized spacial score (nSPS) is 27.6. The number of likely N-dealkylation sites (tertiary alicyclic amines) is 1. The van der Waals surface area contributed by atoms with E-state index in [4.69, 9.17) is 4.74 Å². The van der Waals surface area contributed by atoms with Crippen LogP contribution in [0.4, 0.5) is 4.79 Å². The molecule has 0 aromatic heterocycles. The van der Waals surface area contributed by atoms with Crippen molar-refractivity contribution >= 4 is 23.8 Å². The number of nitrogens with one attached hydrogen (secondary N) is 2. The van der Waals surface area contributed by atoms with Crippen molar-refractivity contribution in [3.63, 3.8) is 0 Å². The lowest BCUT2D eigenvalue weighted by atomic mass is 9.89. The SMILES string of the molecule is CCOC(=O)NC(CC)C(O)CN1C[C@H]2CCSC2C[C@H]1C(=O)NC(C)(C)C. The Balaban J connectivity index is 2.06. The van der Waals surface area contributed by atoms with E-state index in [-0.39, 0.29) is 17.5 Å². The highest BCUT2D eigenvalue weighted by Gasteiger charge is 2.43. The summed E-state index contributed by atoms with van der Waals surface area (Å²) in [4.78, 5) is 26.8. The van der Waals surface area contributed by atoms with E-state index in [2.05, 4.69) is 15.5 Å². The maximum absolute atomic E-state index is 13.0. The minimum Gasteiger partial charge on any atom is -0.450 e. The number of thioether (sulfide) groups is 1. The largest absolute Gasteiger partial charge is 0.450 e. The fourth-order valence-electron chi connectivity index (χ4n) is 4.05. The number of hydrogen-bond donors (Lipinski definition) is 3. The third-order valence-corrected chi connectivity index (χ3v) is 6.89. The van der Waals surface area contributed by atoms with E-state index in [9.17, 15) is 14.7 Å². The van der Waals surface area contributed by atoms with Crippen LogP contribution in [-0.2, 0) is 9.53 Å². The molecule has 2 amide bonds. The number of aliphatic hydroxyl groups is 1. The molecule has 2 fully saturated rings. The molecule has 0 aromatic carbocycles. The Bertz CT molecular complexity index is 540. The Labute approximate surface area is 173 Å². The van der Waals surface area contributed by atoms with Gasteiger partial charge in [0.2, 0.25) is 5.91 Å². The van der Waals surface area contributed by atoms with E-state index in [0.29, 0.717) is 30.7 Å². The summed E-state index contributed by atoms with van der Waals surface area (Å²) in [5.74, 6) is 1.73. The number of ether oxygens (including phenoxy) is 1. The van der Waals surface area contributed by atoms with E-state index < -0.39 is 18.2 Å². The summed E-state index contributed by atoms with van der Waals surface area (Å²) >= 11 is 1.97. The fraction of sp³-hybridized carbons (Fsp3) is 0.900. The van der Waals surface area contributed by atoms with E-state index in [1.807, 2.05) is 39.5 Å². The lowest BCUT2D eigenvalue weighted by Gasteiger charge is -2.43. The third kappa shape index (κ3) is 6.52. The van der Waals surface area contributed by atoms with Crippen LogP contribution in [0.25, 0.3) is 0 Å². The first-order valence-electron chi connectivity index (χ1n) is 10.4. The molecule has 2 heterocycles. The smallest absolute Gasteiger partial charge is 0.407 e. The Morgan fingerprint density at radius 3 is 2.64 bits per heavy atom. The first-order chi connectivity index (χ1) is 13.1. The highest BCUT2D eigenvalue weighted by atomic mass is 32.2. The van der Waals surface area contributed by atoms with Gasteiger partial charge in [-0.3, -0.25) is 9.69 Å². The molecule has 0 aliphatic carbocycles. The van der Waals surface area contributed by atoms with Crippen LogP contribution >= 0.6 is 11.8 Å². The van der Waals surface area contributed by atoms with Crippen molar-refractivity contribution in [1.82, 2.24) is 15.5 Å². The quantitative estimate of drug-likeness (QED) is 0.589. The average Bonchev–Trinajstić information content (AvgIpc) is 3.04. The van der Waals surface area contributed by atoms with Crippen LogP contribution in [0.2, 0.25) is 0 Å². The van der Waals surface area contributed by atoms with Crippen LogP contribution in [0.3, 0.4) is 0 Å². The van der Waals surface area contributed by atoms with Crippen LogP contribution in [0.15, 0.2) is 0 Å². The molecule has 8 heteroatoms. The molecule has 0 radical (unpaired) electrons. The summed E-state index contributed by atoms with van der Waals surface area (Å²) in [5, 5.41) is 17.2. The number of alkyl carbamates (subject to hydrolysis) is 1. The third-order valence-electron chi connectivity index (χ3n) is 5.42. The number of amides is 2. The molecular formula is C20H37N3O4S. The first kappa shape index (κ1) is 23.3. The van der Waals surface area contributed by atoms with Crippen molar-refractivity contribution in [3.8, 4) is 0 Å². The monoisotopic (exact) mass is 415 g/mol. The molecule has 7 nitrogen and oxygen atoms in total. The summed E-state index contributed by atoms with van der Waals surface area (Å²) in [6.07, 6.45) is 1.29. The number of fused-ring (bicyclic) bond motifs is 1. The molecule has 2 aliphatic rings. The molecular weight excluding hydrogens is 378 g/mol.